The Morgan fingerprint density at radius 2 is 2.12 bits per heavy atom. The number of hydrogen-bond acceptors (Lipinski definition) is 3. The zero-order valence-electron chi connectivity index (χ0n) is 15.2. The number of hydrogen-bond donors (Lipinski definition) is 2. The van der Waals surface area contributed by atoms with Crippen molar-refractivity contribution < 1.29 is 14.7 Å². The average Bonchev–Trinajstić information content (AvgIpc) is 3.35. The third kappa shape index (κ3) is 4.31. The molecule has 2 N–H and O–H groups in total. The molecule has 0 unspecified atom stereocenters. The van der Waals surface area contributed by atoms with Crippen LogP contribution in [0.1, 0.15) is 64.6 Å². The van der Waals surface area contributed by atoms with Crippen LogP contribution in [0.4, 0.5) is 0 Å². The van der Waals surface area contributed by atoms with Gasteiger partial charge in [-0.3, -0.25) is 9.48 Å². The van der Waals surface area contributed by atoms with Gasteiger partial charge < -0.3 is 10.4 Å². The summed E-state index contributed by atoms with van der Waals surface area (Å²) in [6.45, 7) is 5.56. The number of rotatable bonds is 8. The van der Waals surface area contributed by atoms with Crippen molar-refractivity contribution in [2.24, 2.45) is 5.92 Å². The second-order valence-corrected chi connectivity index (χ2v) is 7.31. The zero-order chi connectivity index (χ0) is 18.7. The maximum absolute atomic E-state index is 12.6. The lowest BCUT2D eigenvalue weighted by Gasteiger charge is -2.11. The van der Waals surface area contributed by atoms with Crippen LogP contribution in [0.2, 0.25) is 0 Å². The number of aromatic nitrogens is 2. The van der Waals surface area contributed by atoms with E-state index in [0.29, 0.717) is 30.4 Å². The molecule has 1 amide bonds. The largest absolute Gasteiger partial charge is 0.478 e. The minimum Gasteiger partial charge on any atom is -0.478 e. The fraction of sp³-hybridized carbons (Fsp3) is 0.450. The Labute approximate surface area is 153 Å². The van der Waals surface area contributed by atoms with Gasteiger partial charge in [0.15, 0.2) is 0 Å². The summed E-state index contributed by atoms with van der Waals surface area (Å²) < 4.78 is 1.98. The van der Waals surface area contributed by atoms with Gasteiger partial charge in [0, 0.05) is 19.0 Å². The fourth-order valence-electron chi connectivity index (χ4n) is 3.12. The number of aromatic carboxylic acids is 1. The van der Waals surface area contributed by atoms with Crippen molar-refractivity contribution in [3.8, 4) is 0 Å². The Morgan fingerprint density at radius 1 is 1.35 bits per heavy atom. The molecule has 1 aliphatic rings. The normalized spacial score (nSPS) is 13.8. The number of carboxylic acids is 1. The third-order valence-corrected chi connectivity index (χ3v) is 4.50. The van der Waals surface area contributed by atoms with Crippen molar-refractivity contribution in [3.63, 3.8) is 0 Å². The molecule has 1 aliphatic carbocycles. The molecule has 6 nitrogen and oxygen atoms in total. The van der Waals surface area contributed by atoms with Crippen LogP contribution in [0.15, 0.2) is 30.5 Å². The molecular weight excluding hydrogens is 330 g/mol. The van der Waals surface area contributed by atoms with Crippen LogP contribution in [0.25, 0.3) is 0 Å². The minimum atomic E-state index is -0.942. The number of carboxylic acid groups (broad SMARTS) is 1. The van der Waals surface area contributed by atoms with Gasteiger partial charge in [-0.05, 0) is 42.9 Å². The number of carbonyl (C=O) groups is 2. The lowest BCUT2D eigenvalue weighted by atomic mass is 10.1. The molecule has 0 saturated heterocycles. The summed E-state index contributed by atoms with van der Waals surface area (Å²) in [5.41, 5.74) is 2.89. The summed E-state index contributed by atoms with van der Waals surface area (Å²) in [7, 11) is 0. The predicted octanol–water partition coefficient (Wildman–Crippen LogP) is 3.09. The fourth-order valence-corrected chi connectivity index (χ4v) is 3.12. The Morgan fingerprint density at radius 3 is 2.77 bits per heavy atom. The highest BCUT2D eigenvalue weighted by molar-refractivity contribution is 5.95. The molecule has 138 valence electrons. The maximum atomic E-state index is 12.6. The molecule has 1 saturated carbocycles. The van der Waals surface area contributed by atoms with Gasteiger partial charge in [0.25, 0.3) is 5.91 Å². The van der Waals surface area contributed by atoms with E-state index in [4.69, 9.17) is 5.11 Å². The van der Waals surface area contributed by atoms with Crippen LogP contribution in [0, 0.1) is 5.92 Å². The molecule has 1 heterocycles. The number of carbonyl (C=O) groups excluding carboxylic acids is 1. The van der Waals surface area contributed by atoms with E-state index in [2.05, 4.69) is 24.3 Å². The molecular formula is C20H25N3O3. The van der Waals surface area contributed by atoms with E-state index in [9.17, 15) is 9.59 Å². The molecule has 0 aliphatic heterocycles. The lowest BCUT2D eigenvalue weighted by Crippen LogP contribution is -2.26. The van der Waals surface area contributed by atoms with Gasteiger partial charge >= 0.3 is 5.97 Å². The molecule has 26 heavy (non-hydrogen) atoms. The molecule has 0 bridgehead atoms. The summed E-state index contributed by atoms with van der Waals surface area (Å²) in [5.74, 6) is -0.118. The van der Waals surface area contributed by atoms with Gasteiger partial charge in [-0.25, -0.2) is 4.79 Å². The SMILES string of the molecule is CC(C)Cn1ncc(C(=O)NCCc2cccc(C(=O)O)c2)c1C1CC1. The van der Waals surface area contributed by atoms with E-state index in [1.165, 1.54) is 0 Å². The van der Waals surface area contributed by atoms with Gasteiger partial charge in [0.05, 0.1) is 23.0 Å². The second kappa shape index (κ2) is 7.72. The van der Waals surface area contributed by atoms with Crippen LogP contribution < -0.4 is 5.32 Å². The monoisotopic (exact) mass is 355 g/mol. The van der Waals surface area contributed by atoms with Crippen molar-refractivity contribution in [2.75, 3.05) is 6.54 Å². The average molecular weight is 355 g/mol. The number of nitrogens with one attached hydrogen (secondary N) is 1. The maximum Gasteiger partial charge on any atom is 0.335 e. The number of nitrogens with zero attached hydrogens (tertiary/aromatic N) is 2. The van der Waals surface area contributed by atoms with Crippen molar-refractivity contribution in [2.45, 2.75) is 45.6 Å². The molecule has 0 spiro atoms. The molecule has 0 radical (unpaired) electrons. The number of amides is 1. The Bertz CT molecular complexity index is 806. The Hall–Kier alpha value is -2.63. The van der Waals surface area contributed by atoms with Crippen molar-refractivity contribution >= 4 is 11.9 Å². The van der Waals surface area contributed by atoms with Gasteiger partial charge in [-0.1, -0.05) is 26.0 Å². The topological polar surface area (TPSA) is 84.2 Å². The standard InChI is InChI=1S/C20H25N3O3/c1-13(2)12-23-18(15-6-7-15)17(11-22-23)19(24)21-9-8-14-4-3-5-16(10-14)20(25)26/h3-5,10-11,13,15H,6-9,12H2,1-2H3,(H,21,24)(H,25,26). The second-order valence-electron chi connectivity index (χ2n) is 7.31. The van der Waals surface area contributed by atoms with E-state index in [0.717, 1.165) is 30.6 Å². The summed E-state index contributed by atoms with van der Waals surface area (Å²) in [4.78, 5) is 23.6. The summed E-state index contributed by atoms with van der Waals surface area (Å²) >= 11 is 0. The molecule has 1 aromatic carbocycles. The number of benzene rings is 1. The van der Waals surface area contributed by atoms with Gasteiger partial charge in [-0.2, -0.15) is 5.10 Å². The van der Waals surface area contributed by atoms with Gasteiger partial charge in [-0.15, -0.1) is 0 Å². The Balaban J connectivity index is 1.63. The van der Waals surface area contributed by atoms with E-state index >= 15 is 0 Å². The molecule has 2 aromatic rings. The van der Waals surface area contributed by atoms with Crippen LogP contribution in [-0.4, -0.2) is 33.3 Å². The van der Waals surface area contributed by atoms with E-state index in [1.807, 2.05) is 10.7 Å². The van der Waals surface area contributed by atoms with Crippen LogP contribution in [-0.2, 0) is 13.0 Å². The lowest BCUT2D eigenvalue weighted by molar-refractivity contribution is 0.0696. The van der Waals surface area contributed by atoms with Crippen molar-refractivity contribution in [1.29, 1.82) is 0 Å². The van der Waals surface area contributed by atoms with Crippen LogP contribution in [0.5, 0.6) is 0 Å². The molecule has 1 aromatic heterocycles. The minimum absolute atomic E-state index is 0.101. The first-order chi connectivity index (χ1) is 12.5. The first kappa shape index (κ1) is 18.2. The summed E-state index contributed by atoms with van der Waals surface area (Å²) in [6.07, 6.45) is 4.50. The van der Waals surface area contributed by atoms with Crippen LogP contribution >= 0.6 is 0 Å². The van der Waals surface area contributed by atoms with Gasteiger partial charge in [0.1, 0.15) is 0 Å². The smallest absolute Gasteiger partial charge is 0.335 e. The Kier molecular flexibility index (Phi) is 5.40. The predicted molar refractivity (Wildman–Crippen MR) is 98.5 cm³/mol. The quantitative estimate of drug-likeness (QED) is 0.762. The van der Waals surface area contributed by atoms with Crippen molar-refractivity contribution in [3.05, 3.63) is 52.8 Å². The molecule has 0 atom stereocenters. The van der Waals surface area contributed by atoms with E-state index < -0.39 is 5.97 Å². The first-order valence-corrected chi connectivity index (χ1v) is 9.12. The first-order valence-electron chi connectivity index (χ1n) is 9.12. The highest BCUT2D eigenvalue weighted by Gasteiger charge is 2.32. The van der Waals surface area contributed by atoms with E-state index in [-0.39, 0.29) is 11.5 Å². The summed E-state index contributed by atoms with van der Waals surface area (Å²) in [5, 5.41) is 16.4. The molecule has 1 fully saturated rings. The highest BCUT2D eigenvalue weighted by Crippen LogP contribution is 2.41. The van der Waals surface area contributed by atoms with Crippen molar-refractivity contribution in [1.82, 2.24) is 15.1 Å². The van der Waals surface area contributed by atoms with Crippen LogP contribution in [0.3, 0.4) is 0 Å². The third-order valence-electron chi connectivity index (χ3n) is 4.50. The molecule has 3 rings (SSSR count). The molecule has 6 heteroatoms. The summed E-state index contributed by atoms with van der Waals surface area (Å²) in [6, 6.07) is 6.80. The van der Waals surface area contributed by atoms with E-state index in [1.54, 1.807) is 24.4 Å². The zero-order valence-corrected chi connectivity index (χ0v) is 15.2. The highest BCUT2D eigenvalue weighted by atomic mass is 16.4. The van der Waals surface area contributed by atoms with Gasteiger partial charge in [0.2, 0.25) is 0 Å².